The minimum Gasteiger partial charge on any atom is -0.493 e. The Morgan fingerprint density at radius 3 is 1.59 bits per heavy atom. The summed E-state index contributed by atoms with van der Waals surface area (Å²) in [5.74, 6) is 3.23. The molecule has 9 heteroatoms. The monoisotopic (exact) mass is 828 g/mol. The van der Waals surface area contributed by atoms with Crippen molar-refractivity contribution >= 4 is 29.0 Å². The van der Waals surface area contributed by atoms with Gasteiger partial charge in [-0.05, 0) is 124 Å². The van der Waals surface area contributed by atoms with E-state index in [9.17, 15) is 9.90 Å². The molecule has 58 heavy (non-hydrogen) atoms. The molecule has 0 radical (unpaired) electrons. The first-order valence-corrected chi connectivity index (χ1v) is 22.1. The zero-order valence-corrected chi connectivity index (χ0v) is 35.6. The summed E-state index contributed by atoms with van der Waals surface area (Å²) in [6.07, 6.45) is 10.7. The van der Waals surface area contributed by atoms with Gasteiger partial charge in [-0.15, -0.1) is 0 Å². The molecule has 0 amide bonds. The van der Waals surface area contributed by atoms with Gasteiger partial charge in [0.15, 0.2) is 5.78 Å². The summed E-state index contributed by atoms with van der Waals surface area (Å²) in [5.41, 5.74) is 1.97. The Hall–Kier alpha value is -3.43. The van der Waals surface area contributed by atoms with Crippen LogP contribution in [0.15, 0.2) is 109 Å². The number of Topliss-reactive ketones (excluding diaryl/α,β-unsaturated/α-hetero) is 1. The molecule has 312 valence electrons. The molecule has 0 bridgehead atoms. The number of nitrogens with zero attached hydrogens (tertiary/aromatic N) is 2. The Bertz CT molecular complexity index is 1800. The number of benzene rings is 4. The van der Waals surface area contributed by atoms with Crippen molar-refractivity contribution in [3.8, 4) is 11.5 Å². The summed E-state index contributed by atoms with van der Waals surface area (Å²) >= 11 is 12.1. The van der Waals surface area contributed by atoms with Crippen LogP contribution in [0.4, 0.5) is 0 Å². The van der Waals surface area contributed by atoms with Crippen molar-refractivity contribution in [1.29, 1.82) is 0 Å². The predicted octanol–water partition coefficient (Wildman–Crippen LogP) is 9.64. The fraction of sp³-hybridized carbons (Fsp3) is 0.490. The van der Waals surface area contributed by atoms with Gasteiger partial charge in [0.25, 0.3) is 0 Å². The second kappa shape index (κ2) is 21.7. The number of carbonyl (C=O) groups is 1. The van der Waals surface area contributed by atoms with Crippen LogP contribution in [0.2, 0.25) is 10.0 Å². The van der Waals surface area contributed by atoms with Crippen molar-refractivity contribution in [3.63, 3.8) is 0 Å². The predicted molar refractivity (Wildman–Crippen MR) is 235 cm³/mol. The number of para-hydroxylation sites is 2. The van der Waals surface area contributed by atoms with E-state index in [0.29, 0.717) is 24.2 Å². The summed E-state index contributed by atoms with van der Waals surface area (Å²) < 4.78 is 11.9. The van der Waals surface area contributed by atoms with E-state index in [-0.39, 0.29) is 16.9 Å². The highest BCUT2D eigenvalue weighted by molar-refractivity contribution is 6.30. The van der Waals surface area contributed by atoms with E-state index in [1.54, 1.807) is 0 Å². The molecular weight excluding hydrogens is 767 g/mol. The van der Waals surface area contributed by atoms with Crippen LogP contribution in [0, 0.1) is 11.8 Å². The lowest BCUT2D eigenvalue weighted by Gasteiger charge is -2.48. The lowest BCUT2D eigenvalue weighted by atomic mass is 9.61. The maximum Gasteiger partial charge on any atom is 0.157 e. The molecule has 4 aromatic rings. The van der Waals surface area contributed by atoms with Gasteiger partial charge in [0.1, 0.15) is 11.5 Å². The Labute approximate surface area is 356 Å². The number of aliphatic hydroxyl groups excluding tert-OH is 2. The standard InChI is InChI=1S/C24H30ClNO2.C24H28ClNO2.CH4O/c2*25-21-11-9-20(10-12-21)24(13-5-14-24)23(27)17-26-15-4-6-19(16-26)18-28-22-7-2-1-3-8-22;1-2/h1-3,7-12,19,23,27H,4-6,13-18H2;1-3,7-12,19H,4-6,13-18H2;2H,1H3. The molecular formula is C49H62Cl2N2O5. The van der Waals surface area contributed by atoms with Gasteiger partial charge in [-0.2, -0.15) is 0 Å². The summed E-state index contributed by atoms with van der Waals surface area (Å²) in [5, 5.41) is 19.7. The first-order valence-electron chi connectivity index (χ1n) is 21.3. The number of hydrogen-bond acceptors (Lipinski definition) is 7. The number of likely N-dealkylation sites (tertiary alicyclic amines) is 2. The SMILES string of the molecule is CO.O=C(CN1CCCC(COc2ccccc2)C1)C1(c2ccc(Cl)cc2)CCC1.OC(CN1CCCC(COc2ccccc2)C1)C1(c2ccc(Cl)cc2)CCC1. The third kappa shape index (κ3) is 11.4. The van der Waals surface area contributed by atoms with Gasteiger partial charge in [0.2, 0.25) is 0 Å². The normalized spacial score (nSPS) is 21.7. The third-order valence-corrected chi connectivity index (χ3v) is 13.4. The number of β-amino-alcohol motifs (C(OH)–C–C–N with tert-alkyl or cyclic N) is 1. The van der Waals surface area contributed by atoms with Crippen LogP contribution < -0.4 is 9.47 Å². The quantitative estimate of drug-likeness (QED) is 0.131. The molecule has 2 saturated heterocycles. The minimum absolute atomic E-state index is 0.0991. The van der Waals surface area contributed by atoms with Gasteiger partial charge in [-0.3, -0.25) is 9.69 Å². The molecule has 3 atom stereocenters. The number of piperidine rings is 2. The highest BCUT2D eigenvalue weighted by atomic mass is 35.5. The van der Waals surface area contributed by atoms with Crippen LogP contribution in [0.3, 0.4) is 0 Å². The van der Waals surface area contributed by atoms with Crippen LogP contribution in [0.5, 0.6) is 11.5 Å². The molecule has 8 rings (SSSR count). The second-order valence-electron chi connectivity index (χ2n) is 16.7. The third-order valence-electron chi connectivity index (χ3n) is 12.9. The summed E-state index contributed by atoms with van der Waals surface area (Å²) in [4.78, 5) is 18.0. The summed E-state index contributed by atoms with van der Waals surface area (Å²) in [6.45, 7) is 6.76. The molecule has 2 N–H and O–H groups in total. The van der Waals surface area contributed by atoms with E-state index in [0.717, 1.165) is 119 Å². The van der Waals surface area contributed by atoms with Gasteiger partial charge in [-0.1, -0.05) is 96.7 Å². The van der Waals surface area contributed by atoms with Crippen LogP contribution in [-0.4, -0.2) is 91.5 Å². The Morgan fingerprint density at radius 1 is 0.655 bits per heavy atom. The molecule has 4 fully saturated rings. The fourth-order valence-electron chi connectivity index (χ4n) is 9.30. The smallest absolute Gasteiger partial charge is 0.157 e. The number of carbonyl (C=O) groups excluding carboxylic acids is 1. The van der Waals surface area contributed by atoms with E-state index in [1.165, 1.54) is 31.2 Å². The van der Waals surface area contributed by atoms with Gasteiger partial charge in [0, 0.05) is 54.0 Å². The van der Waals surface area contributed by atoms with E-state index < -0.39 is 0 Å². The second-order valence-corrected chi connectivity index (χ2v) is 17.5. The maximum absolute atomic E-state index is 13.3. The van der Waals surface area contributed by atoms with Crippen LogP contribution >= 0.6 is 23.2 Å². The van der Waals surface area contributed by atoms with Crippen molar-refractivity contribution in [2.45, 2.75) is 81.1 Å². The summed E-state index contributed by atoms with van der Waals surface area (Å²) in [7, 11) is 1.00. The van der Waals surface area contributed by atoms with Gasteiger partial charge in [0.05, 0.1) is 31.3 Å². The van der Waals surface area contributed by atoms with Gasteiger partial charge in [-0.25, -0.2) is 0 Å². The molecule has 2 aliphatic carbocycles. The lowest BCUT2D eigenvalue weighted by Crippen LogP contribution is -2.52. The molecule has 7 nitrogen and oxygen atoms in total. The van der Waals surface area contributed by atoms with E-state index >= 15 is 0 Å². The zero-order chi connectivity index (χ0) is 40.8. The van der Waals surface area contributed by atoms with Crippen molar-refractivity contribution in [2.75, 3.05) is 59.6 Å². The van der Waals surface area contributed by atoms with Gasteiger partial charge < -0.3 is 24.6 Å². The molecule has 0 spiro atoms. The molecule has 2 aliphatic heterocycles. The van der Waals surface area contributed by atoms with Crippen LogP contribution in [0.1, 0.15) is 75.3 Å². The molecule has 4 aliphatic rings. The van der Waals surface area contributed by atoms with Crippen molar-refractivity contribution in [3.05, 3.63) is 130 Å². The lowest BCUT2D eigenvalue weighted by molar-refractivity contribution is -0.129. The fourth-order valence-corrected chi connectivity index (χ4v) is 9.55. The maximum atomic E-state index is 13.3. The highest BCUT2D eigenvalue weighted by Gasteiger charge is 2.46. The Morgan fingerprint density at radius 2 is 1.12 bits per heavy atom. The topological polar surface area (TPSA) is 82.5 Å². The van der Waals surface area contributed by atoms with Crippen LogP contribution in [0.25, 0.3) is 0 Å². The van der Waals surface area contributed by atoms with Crippen molar-refractivity contribution < 1.29 is 24.5 Å². The number of ether oxygens (including phenoxy) is 2. The number of halogens is 2. The van der Waals surface area contributed by atoms with Gasteiger partial charge >= 0.3 is 0 Å². The Kier molecular flexibility index (Phi) is 16.5. The number of hydrogen-bond donors (Lipinski definition) is 2. The van der Waals surface area contributed by atoms with E-state index in [1.807, 2.05) is 97.1 Å². The zero-order valence-electron chi connectivity index (χ0n) is 34.1. The van der Waals surface area contributed by atoms with Crippen molar-refractivity contribution in [1.82, 2.24) is 9.80 Å². The number of aliphatic hydroxyl groups is 2. The molecule has 0 aromatic heterocycles. The average Bonchev–Trinajstić information content (AvgIpc) is 3.22. The Balaban J connectivity index is 0.000000188. The first-order chi connectivity index (χ1) is 28.3. The number of ketones is 1. The van der Waals surface area contributed by atoms with Crippen LogP contribution in [-0.2, 0) is 15.6 Å². The highest BCUT2D eigenvalue weighted by Crippen LogP contribution is 2.47. The largest absolute Gasteiger partial charge is 0.493 e. The number of rotatable bonds is 14. The summed E-state index contributed by atoms with van der Waals surface area (Å²) in [6, 6.07) is 36.0. The molecule has 4 aromatic carbocycles. The molecule has 3 unspecified atom stereocenters. The average molecular weight is 830 g/mol. The molecule has 2 heterocycles. The van der Waals surface area contributed by atoms with Crippen molar-refractivity contribution in [2.24, 2.45) is 11.8 Å². The van der Waals surface area contributed by atoms with E-state index in [2.05, 4.69) is 21.9 Å². The molecule has 2 saturated carbocycles. The van der Waals surface area contributed by atoms with E-state index in [4.69, 9.17) is 37.8 Å². The first kappa shape index (κ1) is 44.1. The minimum atomic E-state index is -0.337.